The van der Waals surface area contributed by atoms with E-state index in [-0.39, 0.29) is 11.9 Å². The van der Waals surface area contributed by atoms with Crippen LogP contribution in [-0.4, -0.2) is 48.7 Å². The second-order valence-electron chi connectivity index (χ2n) is 6.76. The van der Waals surface area contributed by atoms with E-state index in [1.165, 1.54) is 7.11 Å². The number of methoxy groups -OCH3 is 2. The van der Waals surface area contributed by atoms with Crippen molar-refractivity contribution in [2.24, 2.45) is 5.92 Å². The molecule has 6 heteroatoms. The maximum atomic E-state index is 12.5. The summed E-state index contributed by atoms with van der Waals surface area (Å²) >= 11 is 0. The molecule has 2 heterocycles. The Morgan fingerprint density at radius 1 is 1.15 bits per heavy atom. The molecular formula is C20H26N2O4. The molecule has 1 aliphatic rings. The molecule has 0 atom stereocenters. The highest BCUT2D eigenvalue weighted by Gasteiger charge is 2.24. The molecule has 140 valence electrons. The summed E-state index contributed by atoms with van der Waals surface area (Å²) in [6.45, 7) is 2.10. The number of likely N-dealkylation sites (tertiary alicyclic amines) is 1. The molecule has 26 heavy (non-hydrogen) atoms. The van der Waals surface area contributed by atoms with E-state index in [0.29, 0.717) is 25.3 Å². The number of aryl methyl sites for hydroxylation is 1. The SMILES string of the molecule is COC(=O)CC1CCN(C(=O)CCn2ccc3c(OC)cccc32)CC1. The molecule has 0 radical (unpaired) electrons. The van der Waals surface area contributed by atoms with Crippen molar-refractivity contribution in [3.63, 3.8) is 0 Å². The standard InChI is InChI=1S/C20H26N2O4/c1-25-18-5-3-4-17-16(18)8-12-21(17)13-9-19(23)22-10-6-15(7-11-22)14-20(24)26-2/h3-5,8,12,15H,6-7,9-11,13-14H2,1-2H3. The zero-order valence-electron chi connectivity index (χ0n) is 15.4. The van der Waals surface area contributed by atoms with Crippen LogP contribution in [0.15, 0.2) is 30.5 Å². The lowest BCUT2D eigenvalue weighted by atomic mass is 9.93. The zero-order chi connectivity index (χ0) is 18.5. The van der Waals surface area contributed by atoms with Gasteiger partial charge in [0, 0.05) is 44.1 Å². The fourth-order valence-corrected chi connectivity index (χ4v) is 3.65. The average Bonchev–Trinajstić information content (AvgIpc) is 3.09. The molecule has 0 saturated carbocycles. The number of aromatic nitrogens is 1. The second kappa shape index (κ2) is 8.25. The Labute approximate surface area is 153 Å². The van der Waals surface area contributed by atoms with Gasteiger partial charge in [0.15, 0.2) is 0 Å². The fourth-order valence-electron chi connectivity index (χ4n) is 3.65. The summed E-state index contributed by atoms with van der Waals surface area (Å²) in [4.78, 5) is 25.8. The van der Waals surface area contributed by atoms with E-state index >= 15 is 0 Å². The first-order valence-electron chi connectivity index (χ1n) is 9.08. The number of benzene rings is 1. The molecule has 0 N–H and O–H groups in total. The van der Waals surface area contributed by atoms with Gasteiger partial charge in [-0.1, -0.05) is 6.07 Å². The maximum Gasteiger partial charge on any atom is 0.305 e. The van der Waals surface area contributed by atoms with Crippen molar-refractivity contribution >= 4 is 22.8 Å². The molecule has 2 aromatic rings. The van der Waals surface area contributed by atoms with Gasteiger partial charge in [0.1, 0.15) is 5.75 Å². The molecule has 0 spiro atoms. The minimum absolute atomic E-state index is 0.162. The highest BCUT2D eigenvalue weighted by atomic mass is 16.5. The lowest BCUT2D eigenvalue weighted by Crippen LogP contribution is -2.39. The number of ether oxygens (including phenoxy) is 2. The highest BCUT2D eigenvalue weighted by Crippen LogP contribution is 2.26. The molecule has 1 fully saturated rings. The van der Waals surface area contributed by atoms with E-state index in [1.807, 2.05) is 35.4 Å². The van der Waals surface area contributed by atoms with Crippen LogP contribution >= 0.6 is 0 Å². The molecule has 1 aliphatic heterocycles. The molecule has 0 aliphatic carbocycles. The van der Waals surface area contributed by atoms with Crippen LogP contribution in [0, 0.1) is 5.92 Å². The quantitative estimate of drug-likeness (QED) is 0.745. The summed E-state index contributed by atoms with van der Waals surface area (Å²) in [6, 6.07) is 7.97. The van der Waals surface area contributed by atoms with Crippen LogP contribution in [0.3, 0.4) is 0 Å². The number of rotatable bonds is 6. The minimum atomic E-state index is -0.162. The van der Waals surface area contributed by atoms with Crippen molar-refractivity contribution in [1.82, 2.24) is 9.47 Å². The van der Waals surface area contributed by atoms with Gasteiger partial charge in [-0.25, -0.2) is 0 Å². The number of fused-ring (bicyclic) bond motifs is 1. The zero-order valence-corrected chi connectivity index (χ0v) is 15.4. The molecule has 1 aromatic carbocycles. The maximum absolute atomic E-state index is 12.5. The Hall–Kier alpha value is -2.50. The van der Waals surface area contributed by atoms with Gasteiger partial charge < -0.3 is 18.9 Å². The number of amides is 1. The predicted molar refractivity (Wildman–Crippen MR) is 99.0 cm³/mol. The second-order valence-corrected chi connectivity index (χ2v) is 6.76. The Morgan fingerprint density at radius 3 is 2.62 bits per heavy atom. The van der Waals surface area contributed by atoms with Crippen LogP contribution < -0.4 is 4.74 Å². The predicted octanol–water partition coefficient (Wildman–Crippen LogP) is 2.84. The van der Waals surface area contributed by atoms with Crippen molar-refractivity contribution in [3.05, 3.63) is 30.5 Å². The van der Waals surface area contributed by atoms with Crippen LogP contribution in [0.1, 0.15) is 25.7 Å². The van der Waals surface area contributed by atoms with E-state index in [0.717, 1.165) is 42.6 Å². The van der Waals surface area contributed by atoms with Crippen LogP contribution in [0.5, 0.6) is 5.75 Å². The van der Waals surface area contributed by atoms with Crippen LogP contribution in [0.2, 0.25) is 0 Å². The smallest absolute Gasteiger partial charge is 0.305 e. The van der Waals surface area contributed by atoms with E-state index < -0.39 is 0 Å². The summed E-state index contributed by atoms with van der Waals surface area (Å²) in [7, 11) is 3.08. The number of piperidine rings is 1. The Balaban J connectivity index is 1.53. The molecule has 0 bridgehead atoms. The van der Waals surface area contributed by atoms with Crippen molar-refractivity contribution < 1.29 is 19.1 Å². The molecule has 3 rings (SSSR count). The topological polar surface area (TPSA) is 60.8 Å². The van der Waals surface area contributed by atoms with Crippen molar-refractivity contribution in [2.45, 2.75) is 32.2 Å². The van der Waals surface area contributed by atoms with Crippen molar-refractivity contribution in [1.29, 1.82) is 0 Å². The van der Waals surface area contributed by atoms with Crippen LogP contribution in [-0.2, 0) is 20.9 Å². The molecule has 1 amide bonds. The van der Waals surface area contributed by atoms with E-state index in [4.69, 9.17) is 9.47 Å². The largest absolute Gasteiger partial charge is 0.496 e. The number of carbonyl (C=O) groups excluding carboxylic acids is 2. The summed E-state index contributed by atoms with van der Waals surface area (Å²) < 4.78 is 12.2. The third-order valence-corrected chi connectivity index (χ3v) is 5.21. The van der Waals surface area contributed by atoms with Gasteiger partial charge in [-0.3, -0.25) is 9.59 Å². The third-order valence-electron chi connectivity index (χ3n) is 5.21. The van der Waals surface area contributed by atoms with E-state index in [2.05, 4.69) is 4.57 Å². The normalized spacial score (nSPS) is 15.2. The first-order chi connectivity index (χ1) is 12.6. The van der Waals surface area contributed by atoms with Crippen molar-refractivity contribution in [3.8, 4) is 5.75 Å². The summed E-state index contributed by atoms with van der Waals surface area (Å²) in [5.41, 5.74) is 1.08. The molecule has 0 unspecified atom stereocenters. The summed E-state index contributed by atoms with van der Waals surface area (Å²) in [5, 5.41) is 1.06. The van der Waals surface area contributed by atoms with Gasteiger partial charge in [0.2, 0.25) is 5.91 Å². The Bertz CT molecular complexity index is 775. The van der Waals surface area contributed by atoms with E-state index in [9.17, 15) is 9.59 Å². The van der Waals surface area contributed by atoms with Crippen LogP contribution in [0.25, 0.3) is 10.9 Å². The number of hydrogen-bond acceptors (Lipinski definition) is 4. The first kappa shape index (κ1) is 18.3. The van der Waals surface area contributed by atoms with Gasteiger partial charge >= 0.3 is 5.97 Å². The molecular weight excluding hydrogens is 332 g/mol. The fraction of sp³-hybridized carbons (Fsp3) is 0.500. The van der Waals surface area contributed by atoms with Gasteiger partial charge in [0.05, 0.1) is 19.7 Å². The van der Waals surface area contributed by atoms with Gasteiger partial charge in [0.25, 0.3) is 0 Å². The van der Waals surface area contributed by atoms with Crippen LogP contribution in [0.4, 0.5) is 0 Å². The molecule has 6 nitrogen and oxygen atoms in total. The summed E-state index contributed by atoms with van der Waals surface area (Å²) in [5.74, 6) is 1.18. The monoisotopic (exact) mass is 358 g/mol. The van der Waals surface area contributed by atoms with Gasteiger partial charge in [-0.05, 0) is 37.0 Å². The minimum Gasteiger partial charge on any atom is -0.496 e. The first-order valence-corrected chi connectivity index (χ1v) is 9.08. The van der Waals surface area contributed by atoms with Gasteiger partial charge in [-0.2, -0.15) is 0 Å². The Morgan fingerprint density at radius 2 is 1.92 bits per heavy atom. The average molecular weight is 358 g/mol. The molecule has 1 saturated heterocycles. The van der Waals surface area contributed by atoms with E-state index in [1.54, 1.807) is 7.11 Å². The number of esters is 1. The number of carbonyl (C=O) groups is 2. The lowest BCUT2D eigenvalue weighted by Gasteiger charge is -2.31. The third kappa shape index (κ3) is 4.00. The number of nitrogens with zero attached hydrogens (tertiary/aromatic N) is 2. The lowest BCUT2D eigenvalue weighted by molar-refractivity contribution is -0.142. The highest BCUT2D eigenvalue weighted by molar-refractivity contribution is 5.86. The molecule has 1 aromatic heterocycles. The van der Waals surface area contributed by atoms with Crippen molar-refractivity contribution in [2.75, 3.05) is 27.3 Å². The van der Waals surface area contributed by atoms with Gasteiger partial charge in [-0.15, -0.1) is 0 Å². The Kier molecular flexibility index (Phi) is 5.81. The number of hydrogen-bond donors (Lipinski definition) is 0. The summed E-state index contributed by atoms with van der Waals surface area (Å²) in [6.07, 6.45) is 4.66.